The van der Waals surface area contributed by atoms with Crippen molar-refractivity contribution < 1.29 is 45.3 Å². The van der Waals surface area contributed by atoms with Crippen molar-refractivity contribution in [2.24, 2.45) is 0 Å². The topological polar surface area (TPSA) is 0 Å². The summed E-state index contributed by atoms with van der Waals surface area (Å²) in [5.41, 5.74) is 3.57. The Balaban J connectivity index is 0.000000395. The van der Waals surface area contributed by atoms with Gasteiger partial charge in [0.2, 0.25) is 0 Å². The van der Waals surface area contributed by atoms with Gasteiger partial charge in [-0.25, -0.2) is 0 Å². The Bertz CT molecular complexity index is 369. The fraction of sp³-hybridized carbons (Fsp3) is 1.00. The van der Waals surface area contributed by atoms with Crippen molar-refractivity contribution in [3.8, 4) is 0 Å². The van der Waals surface area contributed by atoms with Crippen molar-refractivity contribution in [3.63, 3.8) is 0 Å². The minimum atomic E-state index is -10.7. The molecule has 0 unspecified atom stereocenters. The molecule has 0 aromatic heterocycles. The zero-order valence-corrected chi connectivity index (χ0v) is 20.0. The van der Waals surface area contributed by atoms with Crippen molar-refractivity contribution in [2.75, 3.05) is 0 Å². The molecule has 0 saturated heterocycles. The van der Waals surface area contributed by atoms with E-state index in [-0.39, 0.29) is 20.1 Å². The van der Waals surface area contributed by atoms with E-state index in [0.717, 1.165) is 0 Å². The van der Waals surface area contributed by atoms with Crippen molar-refractivity contribution in [3.05, 3.63) is 0 Å². The van der Waals surface area contributed by atoms with Gasteiger partial charge in [-0.2, -0.15) is 0 Å². The predicted octanol–water partition coefficient (Wildman–Crippen LogP) is 9.85. The molecule has 3 rings (SSSR count). The maximum atomic E-state index is 9.87. The second-order valence-corrected chi connectivity index (χ2v) is 13.3. The number of rotatable bonds is 3. The minimum Gasteiger partial charge on any atom is 1.00 e. The van der Waals surface area contributed by atoms with Crippen LogP contribution in [-0.4, -0.2) is 17.0 Å². The van der Waals surface area contributed by atoms with Crippen LogP contribution in [0.2, 0.25) is 0 Å². The van der Waals surface area contributed by atoms with Crippen molar-refractivity contribution in [2.45, 2.75) is 113 Å². The van der Waals surface area contributed by atoms with Crippen LogP contribution in [0.25, 0.3) is 0 Å². The first-order valence-corrected chi connectivity index (χ1v) is 13.8. The molecule has 0 radical (unpaired) electrons. The van der Waals surface area contributed by atoms with Crippen LogP contribution in [0.15, 0.2) is 0 Å². The largest absolute Gasteiger partial charge is 1.00 e. The summed E-state index contributed by atoms with van der Waals surface area (Å²) >= 11 is 0. The SMILES string of the molecule is C1CCC(P(C2CCCCC2)C2CCCCC2)CC1.F[P-](F)(F)(F)(F)F.[Ir+]. The van der Waals surface area contributed by atoms with Crippen LogP contribution in [0.1, 0.15) is 96.3 Å². The first kappa shape index (κ1) is 26.1. The van der Waals surface area contributed by atoms with E-state index in [2.05, 4.69) is 0 Å². The van der Waals surface area contributed by atoms with E-state index in [9.17, 15) is 25.2 Å². The van der Waals surface area contributed by atoms with Crippen LogP contribution in [0, 0.1) is 0 Å². The Morgan fingerprint density at radius 3 is 0.815 bits per heavy atom. The summed E-state index contributed by atoms with van der Waals surface area (Å²) < 4.78 is 59.2. The minimum absolute atomic E-state index is 0. The average Bonchev–Trinajstić information content (AvgIpc) is 2.55. The molecular weight excluding hydrogens is 584 g/mol. The third kappa shape index (κ3) is 12.4. The molecule has 0 atom stereocenters. The molecular formula is C18H33F6IrP2. The molecule has 3 saturated carbocycles. The molecule has 3 fully saturated rings. The number of hydrogen-bond donors (Lipinski definition) is 0. The third-order valence-corrected chi connectivity index (χ3v) is 10.1. The molecule has 0 aromatic carbocycles. The molecule has 0 aliphatic heterocycles. The zero-order chi connectivity index (χ0) is 19.3. The van der Waals surface area contributed by atoms with E-state index in [0.29, 0.717) is 7.92 Å². The summed E-state index contributed by atoms with van der Waals surface area (Å²) in [7, 11) is -10.3. The van der Waals surface area contributed by atoms with Crippen molar-refractivity contribution in [1.29, 1.82) is 0 Å². The molecule has 9 heteroatoms. The van der Waals surface area contributed by atoms with E-state index in [1.54, 1.807) is 77.0 Å². The summed E-state index contributed by atoms with van der Waals surface area (Å²) in [5.74, 6) is 0. The van der Waals surface area contributed by atoms with E-state index in [4.69, 9.17) is 0 Å². The zero-order valence-electron chi connectivity index (χ0n) is 15.8. The van der Waals surface area contributed by atoms with Crippen LogP contribution < -0.4 is 0 Å². The molecule has 0 aromatic rings. The second kappa shape index (κ2) is 9.93. The fourth-order valence-electron chi connectivity index (χ4n) is 5.03. The van der Waals surface area contributed by atoms with Gasteiger partial charge >= 0.3 is 53.1 Å². The molecule has 3 aliphatic rings. The Morgan fingerprint density at radius 1 is 0.444 bits per heavy atom. The van der Waals surface area contributed by atoms with Gasteiger partial charge in [0.25, 0.3) is 0 Å². The summed E-state index contributed by atoms with van der Waals surface area (Å²) in [4.78, 5) is 0. The summed E-state index contributed by atoms with van der Waals surface area (Å²) in [5, 5.41) is 0. The van der Waals surface area contributed by atoms with Gasteiger partial charge in [0, 0.05) is 0 Å². The van der Waals surface area contributed by atoms with Gasteiger partial charge in [-0.3, -0.25) is 0 Å². The molecule has 166 valence electrons. The van der Waals surface area contributed by atoms with Crippen molar-refractivity contribution >= 4 is 15.7 Å². The Morgan fingerprint density at radius 2 is 0.630 bits per heavy atom. The molecule has 0 spiro atoms. The monoisotopic (exact) mass is 618 g/mol. The van der Waals surface area contributed by atoms with E-state index in [1.807, 2.05) is 0 Å². The Kier molecular flexibility index (Phi) is 9.61. The summed E-state index contributed by atoms with van der Waals surface area (Å²) in [6, 6.07) is 0. The maximum Gasteiger partial charge on any atom is 1.00 e. The van der Waals surface area contributed by atoms with Crippen molar-refractivity contribution in [1.82, 2.24) is 0 Å². The summed E-state index contributed by atoms with van der Waals surface area (Å²) in [6.07, 6.45) is 23.6. The molecule has 27 heavy (non-hydrogen) atoms. The van der Waals surface area contributed by atoms with Crippen LogP contribution in [0.4, 0.5) is 25.2 Å². The standard InChI is InChI=1S/C18H33P.F6P.Ir/c1-4-10-16(11-5-1)19(17-12-6-2-7-13-17)18-14-8-3-9-15-18;1-7(2,3,4,5)6;/h16-18H,1-15H2;;/q;-1;+1. The Hall–Kier alpha value is 1.09. The van der Waals surface area contributed by atoms with Gasteiger partial charge in [0.15, 0.2) is 0 Å². The molecule has 0 heterocycles. The summed E-state index contributed by atoms with van der Waals surface area (Å²) in [6.45, 7) is 0. The van der Waals surface area contributed by atoms with Crippen LogP contribution in [0.3, 0.4) is 0 Å². The number of halogens is 6. The van der Waals surface area contributed by atoms with E-state index >= 15 is 0 Å². The van der Waals surface area contributed by atoms with Crippen LogP contribution in [-0.2, 0) is 20.1 Å². The average molecular weight is 618 g/mol. The van der Waals surface area contributed by atoms with Gasteiger partial charge < -0.3 is 0 Å². The molecule has 3 aliphatic carbocycles. The van der Waals surface area contributed by atoms with Gasteiger partial charge in [0.05, 0.1) is 0 Å². The normalized spacial score (nSPS) is 26.3. The van der Waals surface area contributed by atoms with Gasteiger partial charge in [-0.1, -0.05) is 65.7 Å². The maximum absolute atomic E-state index is 10.7. The van der Waals surface area contributed by atoms with Gasteiger partial charge in [-0.05, 0) is 55.5 Å². The molecule has 0 bridgehead atoms. The van der Waals surface area contributed by atoms with Gasteiger partial charge in [-0.15, -0.1) is 0 Å². The van der Waals surface area contributed by atoms with Crippen LogP contribution >= 0.6 is 15.7 Å². The fourth-order valence-corrected chi connectivity index (χ4v) is 9.71. The third-order valence-electron chi connectivity index (χ3n) is 5.99. The smallest absolute Gasteiger partial charge is 1.00 e. The molecule has 0 nitrogen and oxygen atoms in total. The molecule has 0 N–H and O–H groups in total. The first-order valence-electron chi connectivity index (χ1n) is 10.2. The number of hydrogen-bond acceptors (Lipinski definition) is 0. The second-order valence-electron chi connectivity index (χ2n) is 8.28. The first-order chi connectivity index (χ1) is 11.9. The van der Waals surface area contributed by atoms with Gasteiger partial charge in [0.1, 0.15) is 0 Å². The Labute approximate surface area is 174 Å². The predicted molar refractivity (Wildman–Crippen MR) is 101 cm³/mol. The molecule has 0 amide bonds. The van der Waals surface area contributed by atoms with E-state index in [1.165, 1.54) is 36.2 Å². The van der Waals surface area contributed by atoms with E-state index < -0.39 is 7.81 Å². The van der Waals surface area contributed by atoms with Crippen LogP contribution in [0.5, 0.6) is 0 Å². The quantitative estimate of drug-likeness (QED) is 0.219.